The first kappa shape index (κ1) is 23.8. The molecule has 0 unspecified atom stereocenters. The van der Waals surface area contributed by atoms with Gasteiger partial charge in [0.15, 0.2) is 5.84 Å². The van der Waals surface area contributed by atoms with Crippen molar-refractivity contribution in [3.05, 3.63) is 0 Å². The fourth-order valence-electron chi connectivity index (χ4n) is 2.65. The van der Waals surface area contributed by atoms with Crippen molar-refractivity contribution in [2.75, 3.05) is 26.2 Å². The molecule has 0 fully saturated rings. The third-order valence-electron chi connectivity index (χ3n) is 4.17. The van der Waals surface area contributed by atoms with Crippen molar-refractivity contribution in [2.24, 2.45) is 0 Å². The normalized spacial score (nSPS) is 10.9. The minimum Gasteiger partial charge on any atom is -0.395 e. The molecule has 0 aliphatic heterocycles. The Morgan fingerprint density at radius 3 is 2.08 bits per heavy atom. The van der Waals surface area contributed by atoms with Crippen LogP contribution in [-0.2, 0) is 4.79 Å². The zero-order valence-corrected chi connectivity index (χ0v) is 15.7. The summed E-state index contributed by atoms with van der Waals surface area (Å²) in [5.74, 6) is -0.398. The van der Waals surface area contributed by atoms with Crippen LogP contribution in [0.1, 0.15) is 71.1 Å². The molecule has 0 bridgehead atoms. The molecule has 0 aliphatic rings. The van der Waals surface area contributed by atoms with Crippen LogP contribution >= 0.6 is 0 Å². The quantitative estimate of drug-likeness (QED) is 0.124. The standard InChI is InChI=1S/C18H37N3O4/c1-2-3-4-5-6-7-8-9-10-11-16(23)20-12-13-21(14-15-22)17(19)18(24)25/h18-19,22,24-25H,2-15H2,1H3,(H,20,23). The number of nitrogens with one attached hydrogen (secondary N) is 2. The highest BCUT2D eigenvalue weighted by Crippen LogP contribution is 2.10. The average molecular weight is 360 g/mol. The smallest absolute Gasteiger partial charge is 0.220 e. The second kappa shape index (κ2) is 16.3. The first-order chi connectivity index (χ1) is 12.0. The maximum atomic E-state index is 11.8. The molecule has 0 saturated heterocycles. The van der Waals surface area contributed by atoms with Gasteiger partial charge in [0.05, 0.1) is 6.61 Å². The Bertz CT molecular complexity index is 351. The molecule has 0 spiro atoms. The van der Waals surface area contributed by atoms with Crippen LogP contribution in [0.5, 0.6) is 0 Å². The summed E-state index contributed by atoms with van der Waals surface area (Å²) >= 11 is 0. The summed E-state index contributed by atoms with van der Waals surface area (Å²) in [5, 5.41) is 37.2. The Morgan fingerprint density at radius 2 is 1.56 bits per heavy atom. The second-order valence-corrected chi connectivity index (χ2v) is 6.40. The van der Waals surface area contributed by atoms with Crippen molar-refractivity contribution in [2.45, 2.75) is 77.4 Å². The molecule has 7 heteroatoms. The summed E-state index contributed by atoms with van der Waals surface area (Å²) in [6.45, 7) is 2.73. The molecule has 1 amide bonds. The van der Waals surface area contributed by atoms with Crippen molar-refractivity contribution in [3.8, 4) is 0 Å². The largest absolute Gasteiger partial charge is 0.395 e. The van der Waals surface area contributed by atoms with Gasteiger partial charge in [-0.25, -0.2) is 0 Å². The summed E-state index contributed by atoms with van der Waals surface area (Å²) in [6, 6.07) is 0. The average Bonchev–Trinajstić information content (AvgIpc) is 2.58. The molecule has 0 rings (SSSR count). The van der Waals surface area contributed by atoms with Gasteiger partial charge in [0.1, 0.15) is 0 Å². The monoisotopic (exact) mass is 359 g/mol. The van der Waals surface area contributed by atoms with E-state index in [1.807, 2.05) is 0 Å². The number of rotatable bonds is 16. The third kappa shape index (κ3) is 13.8. The van der Waals surface area contributed by atoms with Crippen LogP contribution in [0, 0.1) is 5.41 Å². The maximum absolute atomic E-state index is 11.8. The van der Waals surface area contributed by atoms with Crippen molar-refractivity contribution in [1.29, 1.82) is 5.41 Å². The molecular formula is C18H37N3O4. The van der Waals surface area contributed by atoms with Crippen LogP contribution in [0.15, 0.2) is 0 Å². The van der Waals surface area contributed by atoms with Gasteiger partial charge in [-0.2, -0.15) is 0 Å². The van der Waals surface area contributed by atoms with Gasteiger partial charge >= 0.3 is 0 Å². The van der Waals surface area contributed by atoms with Crippen LogP contribution in [0.3, 0.4) is 0 Å². The number of hydrogen-bond acceptors (Lipinski definition) is 5. The minimum absolute atomic E-state index is 0.0250. The van der Waals surface area contributed by atoms with Crippen molar-refractivity contribution < 1.29 is 20.1 Å². The fraction of sp³-hybridized carbons (Fsp3) is 0.889. The predicted octanol–water partition coefficient (Wildman–Crippen LogP) is 1.61. The summed E-state index contributed by atoms with van der Waals surface area (Å²) in [4.78, 5) is 13.1. The van der Waals surface area contributed by atoms with E-state index in [1.54, 1.807) is 0 Å². The van der Waals surface area contributed by atoms with E-state index in [-0.39, 0.29) is 31.4 Å². The van der Waals surface area contributed by atoms with Crippen LogP contribution in [-0.4, -0.2) is 64.5 Å². The SMILES string of the molecule is CCCCCCCCCCCC(=O)NCCN(CCO)C(=N)C(O)O. The topological polar surface area (TPSA) is 117 Å². The maximum Gasteiger partial charge on any atom is 0.220 e. The number of hydrogen-bond donors (Lipinski definition) is 5. The first-order valence-electron chi connectivity index (χ1n) is 9.60. The Morgan fingerprint density at radius 1 is 1.00 bits per heavy atom. The predicted molar refractivity (Wildman–Crippen MR) is 99.5 cm³/mol. The van der Waals surface area contributed by atoms with Gasteiger partial charge in [-0.3, -0.25) is 10.2 Å². The molecule has 0 saturated carbocycles. The van der Waals surface area contributed by atoms with Gasteiger partial charge in [0, 0.05) is 26.1 Å². The van der Waals surface area contributed by atoms with Crippen molar-refractivity contribution in [3.63, 3.8) is 0 Å². The Balaban J connectivity index is 3.64. The van der Waals surface area contributed by atoms with Gasteiger partial charge in [0.25, 0.3) is 0 Å². The summed E-state index contributed by atoms with van der Waals surface area (Å²) in [7, 11) is 0. The number of aliphatic hydroxyl groups excluding tert-OH is 2. The minimum atomic E-state index is -1.87. The van der Waals surface area contributed by atoms with E-state index in [0.29, 0.717) is 13.0 Å². The van der Waals surface area contributed by atoms with Crippen LogP contribution in [0.2, 0.25) is 0 Å². The Kier molecular flexibility index (Phi) is 15.5. The number of aliphatic hydroxyl groups is 3. The molecule has 0 aromatic heterocycles. The highest BCUT2D eigenvalue weighted by molar-refractivity contribution is 5.82. The van der Waals surface area contributed by atoms with Crippen LogP contribution < -0.4 is 5.32 Å². The number of amides is 1. The zero-order valence-electron chi connectivity index (χ0n) is 15.7. The number of amidine groups is 1. The third-order valence-corrected chi connectivity index (χ3v) is 4.17. The van der Waals surface area contributed by atoms with E-state index in [1.165, 1.54) is 49.8 Å². The Hall–Kier alpha value is -1.18. The lowest BCUT2D eigenvalue weighted by molar-refractivity contribution is -0.121. The molecule has 0 atom stereocenters. The second-order valence-electron chi connectivity index (χ2n) is 6.40. The molecule has 25 heavy (non-hydrogen) atoms. The molecule has 0 aromatic rings. The highest BCUT2D eigenvalue weighted by atomic mass is 16.5. The molecule has 0 aliphatic carbocycles. The number of unbranched alkanes of at least 4 members (excludes halogenated alkanes) is 8. The number of carbonyl (C=O) groups is 1. The molecule has 0 radical (unpaired) electrons. The molecule has 7 nitrogen and oxygen atoms in total. The molecule has 148 valence electrons. The van der Waals surface area contributed by atoms with Gasteiger partial charge in [-0.1, -0.05) is 58.3 Å². The van der Waals surface area contributed by atoms with E-state index in [2.05, 4.69) is 12.2 Å². The summed E-state index contributed by atoms with van der Waals surface area (Å²) < 4.78 is 0. The lowest BCUT2D eigenvalue weighted by atomic mass is 10.1. The van der Waals surface area contributed by atoms with E-state index in [9.17, 15) is 4.79 Å². The lowest BCUT2D eigenvalue weighted by Crippen LogP contribution is -2.44. The van der Waals surface area contributed by atoms with E-state index in [4.69, 9.17) is 20.7 Å². The van der Waals surface area contributed by atoms with Gasteiger partial charge in [-0.15, -0.1) is 0 Å². The molecule has 5 N–H and O–H groups in total. The molecule has 0 heterocycles. The van der Waals surface area contributed by atoms with Crippen LogP contribution in [0.4, 0.5) is 0 Å². The van der Waals surface area contributed by atoms with Crippen LogP contribution in [0.25, 0.3) is 0 Å². The van der Waals surface area contributed by atoms with Crippen molar-refractivity contribution >= 4 is 11.7 Å². The van der Waals surface area contributed by atoms with Gasteiger partial charge < -0.3 is 25.5 Å². The number of nitrogens with zero attached hydrogens (tertiary/aromatic N) is 1. The molecular weight excluding hydrogens is 322 g/mol. The van der Waals surface area contributed by atoms with E-state index >= 15 is 0 Å². The summed E-state index contributed by atoms with van der Waals surface area (Å²) in [6.07, 6.45) is 9.53. The highest BCUT2D eigenvalue weighted by Gasteiger charge is 2.15. The first-order valence-corrected chi connectivity index (χ1v) is 9.60. The van der Waals surface area contributed by atoms with Gasteiger partial charge in [-0.05, 0) is 6.42 Å². The van der Waals surface area contributed by atoms with Crippen molar-refractivity contribution in [1.82, 2.24) is 10.2 Å². The number of carbonyl (C=O) groups excluding carboxylic acids is 1. The van der Waals surface area contributed by atoms with E-state index in [0.717, 1.165) is 12.8 Å². The fourth-order valence-corrected chi connectivity index (χ4v) is 2.65. The zero-order chi connectivity index (χ0) is 18.9. The van der Waals surface area contributed by atoms with E-state index < -0.39 is 6.29 Å². The lowest BCUT2D eigenvalue weighted by Gasteiger charge is -2.25. The van der Waals surface area contributed by atoms with Gasteiger partial charge in [0.2, 0.25) is 12.2 Å². The molecule has 0 aromatic carbocycles. The summed E-state index contributed by atoms with van der Waals surface area (Å²) in [5.41, 5.74) is 0. The Labute approximate surface area is 151 Å².